The standard InChI is InChI=1S/C25H22N6O2S2/c1-18-8-10-20(11-9-18)35(32,33)28-15-14-27-24-26-13-12-21(29-24)23-22(19-6-3-2-4-7-19)30-25-31(23)16-5-17-34-25/h2-4,6-13,28H,14-16H2,1H3,(H,26,27,29). The minimum atomic E-state index is -3.58. The van der Waals surface area contributed by atoms with Gasteiger partial charge in [0.05, 0.1) is 28.5 Å². The highest BCUT2D eigenvalue weighted by atomic mass is 32.2. The first kappa shape index (κ1) is 23.1. The van der Waals surface area contributed by atoms with Crippen LogP contribution in [0.25, 0.3) is 22.6 Å². The zero-order valence-electron chi connectivity index (χ0n) is 18.9. The Balaban J connectivity index is 1.33. The van der Waals surface area contributed by atoms with Gasteiger partial charge in [0.1, 0.15) is 0 Å². The summed E-state index contributed by atoms with van der Waals surface area (Å²) in [6.07, 6.45) is 1.68. The molecular formula is C25H22N6O2S2. The number of thioether (sulfide) groups is 1. The smallest absolute Gasteiger partial charge is 0.240 e. The Kier molecular flexibility index (Phi) is 6.55. The second-order valence-electron chi connectivity index (χ2n) is 7.83. The fraction of sp³-hybridized carbons (Fsp3) is 0.160. The summed E-state index contributed by atoms with van der Waals surface area (Å²) in [4.78, 5) is 14.1. The van der Waals surface area contributed by atoms with Crippen LogP contribution < -0.4 is 10.0 Å². The molecule has 2 aromatic carbocycles. The van der Waals surface area contributed by atoms with Crippen LogP contribution >= 0.6 is 11.8 Å². The van der Waals surface area contributed by atoms with Crippen molar-refractivity contribution >= 4 is 27.7 Å². The normalized spacial score (nSPS) is 12.5. The molecule has 5 rings (SSSR count). The zero-order chi connectivity index (χ0) is 24.3. The number of imidazole rings is 1. The molecule has 0 aliphatic carbocycles. The molecule has 0 amide bonds. The van der Waals surface area contributed by atoms with Crippen LogP contribution in [-0.4, -0.2) is 41.0 Å². The van der Waals surface area contributed by atoms with Crippen molar-refractivity contribution in [3.05, 3.63) is 72.4 Å². The third-order valence-electron chi connectivity index (χ3n) is 5.36. The van der Waals surface area contributed by atoms with Crippen molar-refractivity contribution in [1.29, 1.82) is 0 Å². The molecule has 0 bridgehead atoms. The zero-order valence-corrected chi connectivity index (χ0v) is 20.5. The maximum atomic E-state index is 12.5. The van der Waals surface area contributed by atoms with Crippen LogP contribution in [0.4, 0.5) is 5.95 Å². The lowest BCUT2D eigenvalue weighted by molar-refractivity contribution is 0.583. The highest BCUT2D eigenvalue weighted by Crippen LogP contribution is 2.36. The summed E-state index contributed by atoms with van der Waals surface area (Å²) in [7, 11) is -3.58. The number of nitrogens with one attached hydrogen (secondary N) is 2. The van der Waals surface area contributed by atoms with Gasteiger partial charge in [-0.15, -0.1) is 0 Å². The lowest BCUT2D eigenvalue weighted by Gasteiger charge is -2.12. The van der Waals surface area contributed by atoms with Crippen LogP contribution in [0.15, 0.2) is 76.9 Å². The van der Waals surface area contributed by atoms with Gasteiger partial charge in [0, 0.05) is 36.6 Å². The highest BCUT2D eigenvalue weighted by Gasteiger charge is 2.22. The van der Waals surface area contributed by atoms with Gasteiger partial charge in [0.15, 0.2) is 5.16 Å². The van der Waals surface area contributed by atoms with Gasteiger partial charge >= 0.3 is 0 Å². The molecule has 35 heavy (non-hydrogen) atoms. The molecule has 176 valence electrons. The van der Waals surface area contributed by atoms with E-state index in [0.717, 1.165) is 27.7 Å². The van der Waals surface area contributed by atoms with Crippen LogP contribution in [0.5, 0.6) is 0 Å². The molecule has 0 spiro atoms. The summed E-state index contributed by atoms with van der Waals surface area (Å²) >= 11 is 1.40. The van der Waals surface area contributed by atoms with Crippen molar-refractivity contribution in [2.45, 2.75) is 23.5 Å². The van der Waals surface area contributed by atoms with Crippen LogP contribution in [0.1, 0.15) is 5.56 Å². The van der Waals surface area contributed by atoms with E-state index in [1.807, 2.05) is 43.3 Å². The number of aromatic nitrogens is 4. The molecule has 0 unspecified atom stereocenters. The number of benzene rings is 2. The van der Waals surface area contributed by atoms with E-state index in [-0.39, 0.29) is 11.4 Å². The van der Waals surface area contributed by atoms with Gasteiger partial charge in [-0.1, -0.05) is 53.9 Å². The van der Waals surface area contributed by atoms with Gasteiger partial charge in [0.25, 0.3) is 0 Å². The average molecular weight is 503 g/mol. The molecule has 0 saturated heterocycles. The van der Waals surface area contributed by atoms with E-state index in [9.17, 15) is 8.42 Å². The quantitative estimate of drug-likeness (QED) is 0.279. The summed E-state index contributed by atoms with van der Waals surface area (Å²) in [5, 5.41) is 6.98. The van der Waals surface area contributed by atoms with Crippen LogP contribution in [0.3, 0.4) is 0 Å². The molecule has 4 aromatic rings. The van der Waals surface area contributed by atoms with Gasteiger partial charge < -0.3 is 9.88 Å². The van der Waals surface area contributed by atoms with Gasteiger partial charge in [0.2, 0.25) is 16.0 Å². The SMILES string of the molecule is Cc1ccc(S(=O)(=O)NCCNc2nccc(-c3c(-c4ccccc4)nc4n3CC#CS4)n2)cc1. The van der Waals surface area contributed by atoms with Crippen molar-refractivity contribution in [3.63, 3.8) is 0 Å². The number of sulfonamides is 1. The van der Waals surface area contributed by atoms with Crippen molar-refractivity contribution in [1.82, 2.24) is 24.2 Å². The van der Waals surface area contributed by atoms with Crippen molar-refractivity contribution in [2.75, 3.05) is 18.4 Å². The molecule has 1 aliphatic rings. The Labute approximate surface area is 208 Å². The number of nitrogens with zero attached hydrogens (tertiary/aromatic N) is 4. The van der Waals surface area contributed by atoms with Crippen molar-refractivity contribution in [2.24, 2.45) is 0 Å². The van der Waals surface area contributed by atoms with Gasteiger partial charge in [-0.25, -0.2) is 28.1 Å². The Hall–Kier alpha value is -3.65. The Morgan fingerprint density at radius 2 is 1.83 bits per heavy atom. The first-order valence-corrected chi connectivity index (χ1v) is 13.3. The predicted octanol–water partition coefficient (Wildman–Crippen LogP) is 3.77. The minimum absolute atomic E-state index is 0.188. The number of aryl methyl sites for hydroxylation is 1. The van der Waals surface area contributed by atoms with E-state index in [0.29, 0.717) is 24.7 Å². The third-order valence-corrected chi connectivity index (χ3v) is 7.58. The molecule has 1 aliphatic heterocycles. The number of hydrogen-bond donors (Lipinski definition) is 2. The Morgan fingerprint density at radius 1 is 1.03 bits per heavy atom. The first-order chi connectivity index (χ1) is 17.0. The van der Waals surface area contributed by atoms with Crippen molar-refractivity contribution < 1.29 is 8.42 Å². The Morgan fingerprint density at radius 3 is 2.63 bits per heavy atom. The fourth-order valence-corrected chi connectivity index (χ4v) is 5.31. The summed E-state index contributed by atoms with van der Waals surface area (Å²) in [5.41, 5.74) is 4.41. The molecule has 0 atom stereocenters. The van der Waals surface area contributed by atoms with Crippen LogP contribution in [-0.2, 0) is 16.6 Å². The van der Waals surface area contributed by atoms with E-state index >= 15 is 0 Å². The number of rotatable bonds is 8. The van der Waals surface area contributed by atoms with Crippen LogP contribution in [0.2, 0.25) is 0 Å². The minimum Gasteiger partial charge on any atom is -0.353 e. The maximum absolute atomic E-state index is 12.5. The summed E-state index contributed by atoms with van der Waals surface area (Å²) in [6.45, 7) is 2.96. The third kappa shape index (κ3) is 5.07. The number of fused-ring (bicyclic) bond motifs is 1. The molecular weight excluding hydrogens is 480 g/mol. The topological polar surface area (TPSA) is 102 Å². The maximum Gasteiger partial charge on any atom is 0.240 e. The monoisotopic (exact) mass is 502 g/mol. The van der Waals surface area contributed by atoms with E-state index in [4.69, 9.17) is 9.97 Å². The van der Waals surface area contributed by atoms with E-state index in [1.165, 1.54) is 11.8 Å². The second kappa shape index (κ2) is 9.92. The highest BCUT2D eigenvalue weighted by molar-refractivity contribution is 8.03. The largest absolute Gasteiger partial charge is 0.353 e. The van der Waals surface area contributed by atoms with E-state index < -0.39 is 10.0 Å². The summed E-state index contributed by atoms with van der Waals surface area (Å²) < 4.78 is 29.6. The molecule has 0 saturated carbocycles. The number of anilines is 1. The average Bonchev–Trinajstić information content (AvgIpc) is 3.27. The van der Waals surface area contributed by atoms with E-state index in [2.05, 4.69) is 30.8 Å². The first-order valence-electron chi connectivity index (χ1n) is 11.0. The summed E-state index contributed by atoms with van der Waals surface area (Å²) in [6, 6.07) is 18.5. The lowest BCUT2D eigenvalue weighted by atomic mass is 10.1. The molecule has 2 aromatic heterocycles. The van der Waals surface area contributed by atoms with Gasteiger partial charge in [-0.3, -0.25) is 0 Å². The lowest BCUT2D eigenvalue weighted by Crippen LogP contribution is -2.29. The molecule has 10 heteroatoms. The van der Waals surface area contributed by atoms with Gasteiger partial charge in [-0.05, 0) is 30.4 Å². The predicted molar refractivity (Wildman–Crippen MR) is 137 cm³/mol. The molecule has 3 heterocycles. The molecule has 0 radical (unpaired) electrons. The Bertz CT molecular complexity index is 1520. The number of hydrogen-bond acceptors (Lipinski definition) is 7. The summed E-state index contributed by atoms with van der Waals surface area (Å²) in [5.74, 6) is 3.52. The van der Waals surface area contributed by atoms with Crippen molar-refractivity contribution in [3.8, 4) is 33.8 Å². The van der Waals surface area contributed by atoms with Crippen LogP contribution in [0, 0.1) is 18.1 Å². The fourth-order valence-electron chi connectivity index (χ4n) is 3.64. The molecule has 8 nitrogen and oxygen atoms in total. The van der Waals surface area contributed by atoms with E-state index in [1.54, 1.807) is 30.5 Å². The second-order valence-corrected chi connectivity index (χ2v) is 10.4. The molecule has 0 fully saturated rings. The molecule has 2 N–H and O–H groups in total. The van der Waals surface area contributed by atoms with Gasteiger partial charge in [-0.2, -0.15) is 0 Å².